The van der Waals surface area contributed by atoms with Crippen molar-refractivity contribution in [1.29, 1.82) is 0 Å². The third-order valence-electron chi connectivity index (χ3n) is 7.51. The van der Waals surface area contributed by atoms with E-state index in [9.17, 15) is 8.78 Å². The molecule has 0 amide bonds. The summed E-state index contributed by atoms with van der Waals surface area (Å²) in [6.07, 6.45) is 0.859. The average molecular weight is 1260 g/mol. The van der Waals surface area contributed by atoms with Gasteiger partial charge in [-0.3, -0.25) is 0 Å². The lowest BCUT2D eigenvalue weighted by molar-refractivity contribution is 0.625. The van der Waals surface area contributed by atoms with Crippen molar-refractivity contribution in [3.8, 4) is 44.5 Å². The van der Waals surface area contributed by atoms with Crippen molar-refractivity contribution in [2.24, 2.45) is 0 Å². The predicted octanol–water partition coefficient (Wildman–Crippen LogP) is 13.9. The number of hydrogen-bond acceptors (Lipinski definition) is 0. The highest BCUT2D eigenvalue weighted by atomic mass is 127. The lowest BCUT2D eigenvalue weighted by atomic mass is 9.96. The molecule has 0 heterocycles. The fourth-order valence-corrected chi connectivity index (χ4v) is 11.3. The van der Waals surface area contributed by atoms with Gasteiger partial charge in [-0.1, -0.05) is 72.8 Å². The second-order valence-corrected chi connectivity index (χ2v) is 17.4. The minimum absolute atomic E-state index is 0.205. The van der Waals surface area contributed by atoms with E-state index in [1.54, 1.807) is 24.3 Å². The second kappa shape index (κ2) is 15.0. The van der Waals surface area contributed by atoms with Crippen molar-refractivity contribution in [2.45, 2.75) is 6.42 Å². The molecular formula is C37H20F2I6. The summed E-state index contributed by atoms with van der Waals surface area (Å²) in [5, 5.41) is 0. The Morgan fingerprint density at radius 1 is 0.333 bits per heavy atom. The van der Waals surface area contributed by atoms with Crippen molar-refractivity contribution in [1.82, 2.24) is 0 Å². The molecule has 0 saturated carbocycles. The van der Waals surface area contributed by atoms with Crippen LogP contribution in [0.5, 0.6) is 0 Å². The average Bonchev–Trinajstić information content (AvgIpc) is 2.99. The SMILES string of the molecule is Fc1cc(I)c(-c2ccc(-c3ccc(Cc4ccc(-c5ccc(-c6c(I)cc(F)cc6I)cc5)cc4I)c(I)c3)cc2)c(I)c1. The second-order valence-electron chi connectivity index (χ2n) is 10.4. The van der Waals surface area contributed by atoms with Gasteiger partial charge in [0.05, 0.1) is 0 Å². The highest BCUT2D eigenvalue weighted by Gasteiger charge is 2.13. The molecule has 0 atom stereocenters. The first-order valence-corrected chi connectivity index (χ1v) is 20.1. The molecule has 0 bridgehead atoms. The highest BCUT2D eigenvalue weighted by Crippen LogP contribution is 2.35. The maximum atomic E-state index is 13.8. The van der Waals surface area contributed by atoms with Gasteiger partial charge in [0.25, 0.3) is 0 Å². The van der Waals surface area contributed by atoms with Crippen molar-refractivity contribution in [3.63, 3.8) is 0 Å². The van der Waals surface area contributed by atoms with Gasteiger partial charge in [0, 0.05) is 32.5 Å². The number of halogens is 8. The molecule has 0 fully saturated rings. The maximum Gasteiger partial charge on any atom is 0.125 e. The molecule has 0 unspecified atom stereocenters. The van der Waals surface area contributed by atoms with Crippen LogP contribution in [0.1, 0.15) is 11.1 Å². The molecule has 6 rings (SSSR count). The first-order chi connectivity index (χ1) is 21.6. The first-order valence-electron chi connectivity index (χ1n) is 13.6. The molecule has 0 radical (unpaired) electrons. The van der Waals surface area contributed by atoms with Crippen LogP contribution in [-0.4, -0.2) is 0 Å². The van der Waals surface area contributed by atoms with E-state index in [-0.39, 0.29) is 11.6 Å². The molecule has 0 spiro atoms. The quantitative estimate of drug-likeness (QED) is 0.146. The van der Waals surface area contributed by atoms with Gasteiger partial charge >= 0.3 is 0 Å². The number of rotatable bonds is 6. The van der Waals surface area contributed by atoms with Crippen LogP contribution in [-0.2, 0) is 6.42 Å². The van der Waals surface area contributed by atoms with Crippen LogP contribution in [0.15, 0.2) is 109 Å². The Bertz CT molecular complexity index is 1860. The van der Waals surface area contributed by atoms with E-state index >= 15 is 0 Å². The molecule has 8 heteroatoms. The minimum Gasteiger partial charge on any atom is -0.207 e. The molecule has 0 saturated heterocycles. The van der Waals surface area contributed by atoms with Crippen LogP contribution in [0.4, 0.5) is 8.78 Å². The summed E-state index contributed by atoms with van der Waals surface area (Å²) < 4.78 is 33.7. The van der Waals surface area contributed by atoms with Gasteiger partial charge in [-0.15, -0.1) is 0 Å². The molecule has 224 valence electrons. The van der Waals surface area contributed by atoms with E-state index in [1.807, 2.05) is 0 Å². The molecule has 6 aromatic rings. The number of hydrogen-bond donors (Lipinski definition) is 0. The summed E-state index contributed by atoms with van der Waals surface area (Å²) >= 11 is 13.7. The summed E-state index contributed by atoms with van der Waals surface area (Å²) in [4.78, 5) is 0. The Kier molecular flexibility index (Phi) is 11.5. The monoisotopic (exact) mass is 1260 g/mol. The van der Waals surface area contributed by atoms with Crippen LogP contribution >= 0.6 is 136 Å². The first kappa shape index (κ1) is 34.4. The molecule has 0 aliphatic carbocycles. The standard InChI is InChI=1S/C37H20F2I6/c38-28-16-32(42)36(33(43)17-28)22-5-1-20(2-6-22)24-9-11-26(30(40)14-24)13-27-12-10-25(15-31(27)41)21-3-7-23(8-4-21)37-34(44)18-29(39)19-35(37)45/h1-12,14-19H,13H2. The summed E-state index contributed by atoms with van der Waals surface area (Å²) in [6, 6.07) is 36.7. The van der Waals surface area contributed by atoms with E-state index in [2.05, 4.69) is 220 Å². The van der Waals surface area contributed by atoms with E-state index in [4.69, 9.17) is 0 Å². The topological polar surface area (TPSA) is 0 Å². The summed E-state index contributed by atoms with van der Waals surface area (Å²) in [5.74, 6) is -0.410. The Morgan fingerprint density at radius 2 is 0.622 bits per heavy atom. The molecule has 0 aliphatic rings. The summed E-state index contributed by atoms with van der Waals surface area (Å²) in [6.45, 7) is 0. The van der Waals surface area contributed by atoms with Crippen molar-refractivity contribution in [3.05, 3.63) is 153 Å². The van der Waals surface area contributed by atoms with Gasteiger partial charge in [-0.2, -0.15) is 0 Å². The third kappa shape index (κ3) is 7.90. The van der Waals surface area contributed by atoms with E-state index in [0.29, 0.717) is 0 Å². The lowest BCUT2D eigenvalue weighted by Crippen LogP contribution is -1.96. The molecule has 45 heavy (non-hydrogen) atoms. The van der Waals surface area contributed by atoms with Crippen LogP contribution in [0.3, 0.4) is 0 Å². The van der Waals surface area contributed by atoms with E-state index in [1.165, 1.54) is 29.4 Å². The lowest BCUT2D eigenvalue weighted by Gasteiger charge is -2.13. The molecule has 0 aliphatic heterocycles. The van der Waals surface area contributed by atoms with Crippen LogP contribution in [0.2, 0.25) is 0 Å². The van der Waals surface area contributed by atoms with Gasteiger partial charge in [-0.05, 0) is 223 Å². The summed E-state index contributed by atoms with van der Waals surface area (Å²) in [7, 11) is 0. The zero-order valence-electron chi connectivity index (χ0n) is 23.1. The van der Waals surface area contributed by atoms with Gasteiger partial charge in [0.15, 0.2) is 0 Å². The van der Waals surface area contributed by atoms with Crippen molar-refractivity contribution in [2.75, 3.05) is 0 Å². The van der Waals surface area contributed by atoms with E-state index in [0.717, 1.165) is 54.1 Å². The van der Waals surface area contributed by atoms with Crippen molar-refractivity contribution < 1.29 is 8.78 Å². The van der Waals surface area contributed by atoms with Gasteiger partial charge in [0.1, 0.15) is 11.6 Å². The largest absolute Gasteiger partial charge is 0.207 e. The molecule has 0 nitrogen and oxygen atoms in total. The highest BCUT2D eigenvalue weighted by molar-refractivity contribution is 14.1. The Morgan fingerprint density at radius 3 is 0.933 bits per heavy atom. The number of benzene rings is 6. The Balaban J connectivity index is 1.18. The fraction of sp³-hybridized carbons (Fsp3) is 0.0270. The summed E-state index contributed by atoms with van der Waals surface area (Å²) in [5.41, 5.74) is 11.6. The van der Waals surface area contributed by atoms with E-state index < -0.39 is 0 Å². The van der Waals surface area contributed by atoms with Gasteiger partial charge in [-0.25, -0.2) is 8.78 Å². The fourth-order valence-electron chi connectivity index (χ4n) is 5.24. The minimum atomic E-state index is -0.205. The zero-order chi connectivity index (χ0) is 31.8. The van der Waals surface area contributed by atoms with Gasteiger partial charge in [0.2, 0.25) is 0 Å². The Labute approximate surface area is 343 Å². The van der Waals surface area contributed by atoms with Crippen LogP contribution in [0, 0.1) is 33.1 Å². The zero-order valence-corrected chi connectivity index (χ0v) is 36.1. The Hall–Kier alpha value is -0.440. The smallest absolute Gasteiger partial charge is 0.125 e. The molecule has 6 aromatic carbocycles. The normalized spacial score (nSPS) is 11.2. The molecule has 0 N–H and O–H groups in total. The maximum absolute atomic E-state index is 13.8. The molecule has 0 aromatic heterocycles. The van der Waals surface area contributed by atoms with Crippen molar-refractivity contribution >= 4 is 136 Å². The van der Waals surface area contributed by atoms with Crippen LogP contribution < -0.4 is 0 Å². The van der Waals surface area contributed by atoms with Crippen LogP contribution in [0.25, 0.3) is 44.5 Å². The molecular weight excluding hydrogens is 1240 g/mol. The predicted molar refractivity (Wildman–Crippen MR) is 234 cm³/mol. The third-order valence-corrected chi connectivity index (χ3v) is 12.9. The van der Waals surface area contributed by atoms with Gasteiger partial charge < -0.3 is 0 Å².